The smallest absolute Gasteiger partial charge is 0.251 e. The van der Waals surface area contributed by atoms with Gasteiger partial charge in [0.25, 0.3) is 5.91 Å². The molecule has 1 aromatic rings. The number of ether oxygens (including phenoxy) is 1. The van der Waals surface area contributed by atoms with Crippen LogP contribution in [0.5, 0.6) is 0 Å². The molecule has 1 N–H and O–H groups in total. The summed E-state index contributed by atoms with van der Waals surface area (Å²) >= 11 is 0. The standard InChI is InChI=1S/C17H27N3O4S/c1-14-13-20(11-12-24-14)25(22,23)16-7-5-15(6-8-16)17(21)18-9-4-10-19(2)3/h5-8,14H,4,9-13H2,1-3H3,(H,18,21). The first kappa shape index (κ1) is 19.8. The Balaban J connectivity index is 1.97. The Hall–Kier alpha value is -1.48. The molecule has 2 rings (SSSR count). The summed E-state index contributed by atoms with van der Waals surface area (Å²) in [6.07, 6.45) is 0.746. The molecule has 1 aliphatic heterocycles. The number of nitrogens with one attached hydrogen (secondary N) is 1. The monoisotopic (exact) mass is 369 g/mol. The van der Waals surface area contributed by atoms with Crippen LogP contribution in [0.3, 0.4) is 0 Å². The van der Waals surface area contributed by atoms with Crippen LogP contribution < -0.4 is 5.32 Å². The molecule has 8 heteroatoms. The van der Waals surface area contributed by atoms with Gasteiger partial charge in [-0.15, -0.1) is 0 Å². The van der Waals surface area contributed by atoms with Gasteiger partial charge in [0, 0.05) is 25.2 Å². The Morgan fingerprint density at radius 1 is 1.32 bits per heavy atom. The second kappa shape index (κ2) is 8.75. The summed E-state index contributed by atoms with van der Waals surface area (Å²) in [5.41, 5.74) is 0.458. The number of benzene rings is 1. The van der Waals surface area contributed by atoms with Crippen molar-refractivity contribution in [1.82, 2.24) is 14.5 Å². The molecule has 7 nitrogen and oxygen atoms in total. The third-order valence-corrected chi connectivity index (χ3v) is 5.91. The highest BCUT2D eigenvalue weighted by Crippen LogP contribution is 2.19. The van der Waals surface area contributed by atoms with Crippen LogP contribution in [-0.4, -0.2) is 76.5 Å². The van der Waals surface area contributed by atoms with Gasteiger partial charge in [0.1, 0.15) is 0 Å². The molecule has 0 radical (unpaired) electrons. The Kier molecular flexibility index (Phi) is 6.95. The predicted molar refractivity (Wildman–Crippen MR) is 96.1 cm³/mol. The summed E-state index contributed by atoms with van der Waals surface area (Å²) in [7, 11) is 0.413. The van der Waals surface area contributed by atoms with Crippen LogP contribution in [-0.2, 0) is 14.8 Å². The molecule has 0 saturated carbocycles. The van der Waals surface area contributed by atoms with Gasteiger partial charge in [-0.2, -0.15) is 4.31 Å². The van der Waals surface area contributed by atoms with E-state index in [1.54, 1.807) is 12.1 Å². The molecule has 25 heavy (non-hydrogen) atoms. The van der Waals surface area contributed by atoms with Gasteiger partial charge < -0.3 is 15.0 Å². The molecule has 0 bridgehead atoms. The van der Waals surface area contributed by atoms with Crippen molar-refractivity contribution in [1.29, 1.82) is 0 Å². The fraction of sp³-hybridized carbons (Fsp3) is 0.588. The van der Waals surface area contributed by atoms with Crippen molar-refractivity contribution in [3.63, 3.8) is 0 Å². The van der Waals surface area contributed by atoms with E-state index in [0.717, 1.165) is 13.0 Å². The van der Waals surface area contributed by atoms with Crippen molar-refractivity contribution in [3.05, 3.63) is 29.8 Å². The van der Waals surface area contributed by atoms with Gasteiger partial charge in [-0.25, -0.2) is 8.42 Å². The normalized spacial score (nSPS) is 19.1. The van der Waals surface area contributed by atoms with E-state index in [2.05, 4.69) is 10.2 Å². The molecule has 1 saturated heterocycles. The lowest BCUT2D eigenvalue weighted by Crippen LogP contribution is -2.44. The summed E-state index contributed by atoms with van der Waals surface area (Å²) in [5.74, 6) is -0.192. The maximum atomic E-state index is 12.7. The number of rotatable bonds is 7. The minimum Gasteiger partial charge on any atom is -0.376 e. The number of sulfonamides is 1. The van der Waals surface area contributed by atoms with Crippen molar-refractivity contribution < 1.29 is 17.9 Å². The van der Waals surface area contributed by atoms with Crippen LogP contribution in [0.25, 0.3) is 0 Å². The quantitative estimate of drug-likeness (QED) is 0.719. The van der Waals surface area contributed by atoms with E-state index < -0.39 is 10.0 Å². The molecular formula is C17H27N3O4S. The highest BCUT2D eigenvalue weighted by Gasteiger charge is 2.29. The van der Waals surface area contributed by atoms with Crippen molar-refractivity contribution in [2.24, 2.45) is 0 Å². The van der Waals surface area contributed by atoms with E-state index in [0.29, 0.717) is 31.8 Å². The lowest BCUT2D eigenvalue weighted by atomic mass is 10.2. The zero-order valence-corrected chi connectivity index (χ0v) is 15.9. The third-order valence-electron chi connectivity index (χ3n) is 4.03. The van der Waals surface area contributed by atoms with Crippen molar-refractivity contribution in [3.8, 4) is 0 Å². The zero-order valence-electron chi connectivity index (χ0n) is 15.1. The minimum absolute atomic E-state index is 0.115. The van der Waals surface area contributed by atoms with Crippen molar-refractivity contribution >= 4 is 15.9 Å². The van der Waals surface area contributed by atoms with Gasteiger partial charge in [-0.1, -0.05) is 0 Å². The van der Waals surface area contributed by atoms with Gasteiger partial charge >= 0.3 is 0 Å². The number of amides is 1. The minimum atomic E-state index is -3.55. The van der Waals surface area contributed by atoms with Crippen LogP contribution in [0.15, 0.2) is 29.2 Å². The van der Waals surface area contributed by atoms with Gasteiger partial charge in [0.2, 0.25) is 10.0 Å². The Bertz CT molecular complexity index is 674. The molecule has 1 fully saturated rings. The number of morpholine rings is 1. The van der Waals surface area contributed by atoms with Gasteiger partial charge in [-0.3, -0.25) is 4.79 Å². The molecule has 0 aromatic heterocycles. The van der Waals surface area contributed by atoms with Crippen LogP contribution in [0, 0.1) is 0 Å². The summed E-state index contributed by atoms with van der Waals surface area (Å²) in [5, 5.41) is 2.84. The van der Waals surface area contributed by atoms with Crippen molar-refractivity contribution in [2.45, 2.75) is 24.3 Å². The van der Waals surface area contributed by atoms with Gasteiger partial charge in [0.15, 0.2) is 0 Å². The molecule has 1 heterocycles. The van der Waals surface area contributed by atoms with E-state index in [9.17, 15) is 13.2 Å². The average molecular weight is 369 g/mol. The molecule has 1 aromatic carbocycles. The lowest BCUT2D eigenvalue weighted by molar-refractivity contribution is 0.0102. The van der Waals surface area contributed by atoms with Gasteiger partial charge in [-0.05, 0) is 58.3 Å². The molecular weight excluding hydrogens is 342 g/mol. The van der Waals surface area contributed by atoms with Crippen molar-refractivity contribution in [2.75, 3.05) is 46.9 Å². The largest absolute Gasteiger partial charge is 0.376 e. The number of hydrogen-bond acceptors (Lipinski definition) is 5. The molecule has 0 aliphatic carbocycles. The first-order valence-electron chi connectivity index (χ1n) is 8.45. The van der Waals surface area contributed by atoms with E-state index >= 15 is 0 Å². The lowest BCUT2D eigenvalue weighted by Gasteiger charge is -2.30. The maximum absolute atomic E-state index is 12.7. The van der Waals surface area contributed by atoms with E-state index in [1.165, 1.54) is 16.4 Å². The van der Waals surface area contributed by atoms with E-state index in [1.807, 2.05) is 21.0 Å². The molecule has 140 valence electrons. The predicted octanol–water partition coefficient (Wildman–Crippen LogP) is 0.778. The van der Waals surface area contributed by atoms with Gasteiger partial charge in [0.05, 0.1) is 17.6 Å². The third kappa shape index (κ3) is 5.50. The Morgan fingerprint density at radius 3 is 2.60 bits per heavy atom. The van der Waals surface area contributed by atoms with Crippen LogP contribution in [0.1, 0.15) is 23.7 Å². The zero-order chi connectivity index (χ0) is 18.4. The SMILES string of the molecule is CC1CN(S(=O)(=O)c2ccc(C(=O)NCCCN(C)C)cc2)CCO1. The number of hydrogen-bond donors (Lipinski definition) is 1. The summed E-state index contributed by atoms with van der Waals surface area (Å²) < 4.78 is 32.1. The average Bonchev–Trinajstić information content (AvgIpc) is 2.58. The first-order valence-corrected chi connectivity index (χ1v) is 9.89. The van der Waals surface area contributed by atoms with E-state index in [-0.39, 0.29) is 16.9 Å². The van der Waals surface area contributed by atoms with E-state index in [4.69, 9.17) is 4.74 Å². The van der Waals surface area contributed by atoms with Crippen LogP contribution >= 0.6 is 0 Å². The second-order valence-electron chi connectivity index (χ2n) is 6.48. The Labute approximate surface area is 150 Å². The second-order valence-corrected chi connectivity index (χ2v) is 8.42. The highest BCUT2D eigenvalue weighted by atomic mass is 32.2. The number of carbonyl (C=O) groups is 1. The number of nitrogens with zero attached hydrogens (tertiary/aromatic N) is 2. The first-order chi connectivity index (χ1) is 11.8. The fourth-order valence-electron chi connectivity index (χ4n) is 2.63. The molecule has 1 aliphatic rings. The van der Waals surface area contributed by atoms with Crippen LogP contribution in [0.2, 0.25) is 0 Å². The molecule has 1 amide bonds. The molecule has 1 unspecified atom stereocenters. The highest BCUT2D eigenvalue weighted by molar-refractivity contribution is 7.89. The Morgan fingerprint density at radius 2 is 2.00 bits per heavy atom. The molecule has 1 atom stereocenters. The summed E-state index contributed by atoms with van der Waals surface area (Å²) in [6.45, 7) is 4.43. The molecule has 0 spiro atoms. The van der Waals surface area contributed by atoms with Crippen LogP contribution in [0.4, 0.5) is 0 Å². The topological polar surface area (TPSA) is 79.0 Å². The fourth-order valence-corrected chi connectivity index (χ4v) is 4.13. The summed E-state index contributed by atoms with van der Waals surface area (Å²) in [6, 6.07) is 6.09. The number of carbonyl (C=O) groups excluding carboxylic acids is 1. The maximum Gasteiger partial charge on any atom is 0.251 e. The summed E-state index contributed by atoms with van der Waals surface area (Å²) in [4.78, 5) is 14.3.